The van der Waals surface area contributed by atoms with Crippen LogP contribution in [0.2, 0.25) is 0 Å². The maximum absolute atomic E-state index is 8.00. The third-order valence-corrected chi connectivity index (χ3v) is 0. The first-order valence-corrected chi connectivity index (χ1v) is 0.595. The van der Waals surface area contributed by atoms with Gasteiger partial charge in [-0.25, -0.2) is 0 Å². The van der Waals surface area contributed by atoms with Gasteiger partial charge in [-0.15, -0.1) is 0 Å². The summed E-state index contributed by atoms with van der Waals surface area (Å²) in [6.45, 7) is 0. The summed E-state index contributed by atoms with van der Waals surface area (Å²) in [7, 11) is 0. The predicted molar refractivity (Wildman–Crippen MR) is 0.686 cm³/mol. The van der Waals surface area contributed by atoms with Crippen LogP contribution in [0.15, 0.2) is 0 Å². The van der Waals surface area contributed by atoms with Gasteiger partial charge in [-0.1, -0.05) is 0 Å². The standard InChI is InChI=1S/Cr.2Fe.O. The van der Waals surface area contributed by atoms with Gasteiger partial charge in [-0.3, -0.25) is 0 Å². The van der Waals surface area contributed by atoms with Crippen LogP contribution in [-0.2, 0) is 54.2 Å². The molecule has 0 fully saturated rings. The van der Waals surface area contributed by atoms with Crippen LogP contribution >= 0.6 is 0 Å². The van der Waals surface area contributed by atoms with Crippen molar-refractivity contribution in [2.45, 2.75) is 0 Å². The summed E-state index contributed by atoms with van der Waals surface area (Å²) in [4.78, 5) is 0. The monoisotopic (exact) mass is 180 g/mol. The van der Waals surface area contributed by atoms with E-state index in [9.17, 15) is 0 Å². The van der Waals surface area contributed by atoms with E-state index in [1.165, 1.54) is 0 Å². The summed E-state index contributed by atoms with van der Waals surface area (Å²) in [5.74, 6) is 0. The van der Waals surface area contributed by atoms with Gasteiger partial charge in [0.25, 0.3) is 0 Å². The third-order valence-electron chi connectivity index (χ3n) is 0. The van der Waals surface area contributed by atoms with E-state index in [-0.39, 0.29) is 34.4 Å². The third kappa shape index (κ3) is 10.1. The molecular weight excluding hydrogens is 180 g/mol. The molecule has 0 unspecified atom stereocenters. The second-order valence-corrected chi connectivity index (χ2v) is 0. The van der Waals surface area contributed by atoms with Crippen molar-refractivity contribution in [3.63, 3.8) is 0 Å². The summed E-state index contributed by atoms with van der Waals surface area (Å²) in [6, 6.07) is 0. The van der Waals surface area contributed by atoms with Gasteiger partial charge < -0.3 is 0 Å². The molecular formula is CrFe2O. The van der Waals surface area contributed by atoms with Crippen molar-refractivity contribution in [2.24, 2.45) is 0 Å². The fraction of sp³-hybridized carbons (Fsp3) is 0. The minimum absolute atomic E-state index is 0. The molecule has 0 atom stereocenters. The second-order valence-electron chi connectivity index (χ2n) is 0. The Bertz CT molecular complexity index is 6.00. The zero-order chi connectivity index (χ0) is 2.00. The van der Waals surface area contributed by atoms with E-state index in [0.717, 1.165) is 0 Å². The molecule has 0 aromatic carbocycles. The summed E-state index contributed by atoms with van der Waals surface area (Å²) >= 11 is 2.00. The Balaban J connectivity index is -0.00000000500. The zero-order valence-corrected chi connectivity index (χ0v) is 5.01. The predicted octanol–water partition coefficient (Wildman–Crippen LogP) is -0.126. The molecule has 4 heavy (non-hydrogen) atoms. The van der Waals surface area contributed by atoms with Gasteiger partial charge in [-0.05, 0) is 0 Å². The van der Waals surface area contributed by atoms with Gasteiger partial charge in [0.15, 0.2) is 0 Å². The number of rotatable bonds is 0. The van der Waals surface area contributed by atoms with Gasteiger partial charge in [0, 0.05) is 34.4 Å². The number of hydrogen-bond donors (Lipinski definition) is 0. The first-order valence-electron chi connectivity index (χ1n) is 0.144. The van der Waals surface area contributed by atoms with Crippen LogP contribution in [0.3, 0.4) is 0 Å². The molecule has 0 radical (unpaired) electrons. The van der Waals surface area contributed by atoms with Crippen molar-refractivity contribution >= 4 is 0 Å². The van der Waals surface area contributed by atoms with E-state index in [4.69, 9.17) is 3.83 Å². The molecule has 0 amide bonds. The van der Waals surface area contributed by atoms with Crippen LogP contribution in [0.4, 0.5) is 0 Å². The van der Waals surface area contributed by atoms with Crippen molar-refractivity contribution in [3.05, 3.63) is 0 Å². The Hall–Kier alpha value is 1.37. The van der Waals surface area contributed by atoms with Crippen LogP contribution in [-0.4, -0.2) is 0 Å². The molecule has 0 aliphatic carbocycles. The van der Waals surface area contributed by atoms with E-state index in [2.05, 4.69) is 0 Å². The fourth-order valence-electron chi connectivity index (χ4n) is 0. The Labute approximate surface area is 54.1 Å². The molecule has 1 nitrogen and oxygen atoms in total. The Kier molecular flexibility index (Phi) is 121. The molecule has 0 spiro atoms. The molecule has 0 aliphatic rings. The second kappa shape index (κ2) is 26.4. The van der Waals surface area contributed by atoms with Crippen molar-refractivity contribution in [1.29, 1.82) is 0 Å². The average molecular weight is 180 g/mol. The first-order chi connectivity index (χ1) is 1.00. The van der Waals surface area contributed by atoms with Crippen molar-refractivity contribution in [2.75, 3.05) is 0 Å². The molecule has 0 aromatic rings. The Morgan fingerprint density at radius 2 is 1.25 bits per heavy atom. The summed E-state index contributed by atoms with van der Waals surface area (Å²) < 4.78 is 8.00. The van der Waals surface area contributed by atoms with E-state index >= 15 is 0 Å². The molecule has 0 heterocycles. The topological polar surface area (TPSA) is 17.1 Å². The SMILES string of the molecule is [Cr].[Fe].[O]=[Fe]. The van der Waals surface area contributed by atoms with Gasteiger partial charge in [0.2, 0.25) is 0 Å². The molecule has 0 aliphatic heterocycles. The normalized spacial score (nSPS) is 1.25. The van der Waals surface area contributed by atoms with Crippen LogP contribution in [0.25, 0.3) is 0 Å². The molecule has 0 aromatic heterocycles. The molecule has 4 heteroatoms. The Morgan fingerprint density at radius 3 is 1.25 bits per heavy atom. The van der Waals surface area contributed by atoms with Crippen molar-refractivity contribution < 1.29 is 54.2 Å². The molecule has 0 saturated carbocycles. The average Bonchev–Trinajstić information content (AvgIpc) is 1.00. The van der Waals surface area contributed by atoms with E-state index < -0.39 is 0 Å². The molecule has 0 saturated heterocycles. The molecule has 0 N–H and O–H groups in total. The van der Waals surface area contributed by atoms with Gasteiger partial charge in [0.05, 0.1) is 0 Å². The van der Waals surface area contributed by atoms with Gasteiger partial charge in [0.1, 0.15) is 0 Å². The fourth-order valence-corrected chi connectivity index (χ4v) is 0. The maximum atomic E-state index is 8.00. The van der Waals surface area contributed by atoms with Crippen molar-refractivity contribution in [3.8, 4) is 0 Å². The first kappa shape index (κ1) is 18.3. The van der Waals surface area contributed by atoms with Crippen LogP contribution < -0.4 is 0 Å². The van der Waals surface area contributed by atoms with Crippen molar-refractivity contribution in [1.82, 2.24) is 0 Å². The Morgan fingerprint density at radius 1 is 1.25 bits per heavy atom. The van der Waals surface area contributed by atoms with E-state index in [1.807, 2.05) is 15.9 Å². The molecule has 0 rings (SSSR count). The number of hydrogen-bond acceptors (Lipinski definition) is 1. The van der Waals surface area contributed by atoms with Crippen LogP contribution in [0.1, 0.15) is 0 Å². The quantitative estimate of drug-likeness (QED) is 0.474. The van der Waals surface area contributed by atoms with Crippen LogP contribution in [0.5, 0.6) is 0 Å². The summed E-state index contributed by atoms with van der Waals surface area (Å²) in [6.07, 6.45) is 0. The molecule has 0 bridgehead atoms. The minimum atomic E-state index is 0. The van der Waals surface area contributed by atoms with E-state index in [0.29, 0.717) is 0 Å². The van der Waals surface area contributed by atoms with Gasteiger partial charge in [-0.2, -0.15) is 0 Å². The van der Waals surface area contributed by atoms with Crippen LogP contribution in [0, 0.1) is 0 Å². The van der Waals surface area contributed by atoms with Gasteiger partial charge >= 0.3 is 19.8 Å². The zero-order valence-electron chi connectivity index (χ0n) is 1.52. The summed E-state index contributed by atoms with van der Waals surface area (Å²) in [5.41, 5.74) is 0. The summed E-state index contributed by atoms with van der Waals surface area (Å²) in [5, 5.41) is 0. The molecule has 28 valence electrons. The van der Waals surface area contributed by atoms with E-state index in [1.54, 1.807) is 0 Å².